The fraction of sp³-hybridized carbons (Fsp3) is 0.625. The number of ether oxygens (including phenoxy) is 2. The topological polar surface area (TPSA) is 38.7 Å². The molecular weight excluding hydrogens is 259 g/mol. The molecule has 4 heteroatoms. The van der Waals surface area contributed by atoms with Gasteiger partial charge in [0.1, 0.15) is 17.5 Å². The molecule has 0 aromatic heterocycles. The van der Waals surface area contributed by atoms with Crippen molar-refractivity contribution in [1.82, 2.24) is 0 Å². The molecule has 1 N–H and O–H groups in total. The Morgan fingerprint density at radius 3 is 2.55 bits per heavy atom. The van der Waals surface area contributed by atoms with Gasteiger partial charge in [-0.05, 0) is 38.0 Å². The first kappa shape index (κ1) is 15.4. The molecule has 0 radical (unpaired) electrons. The highest BCUT2D eigenvalue weighted by Gasteiger charge is 2.42. The quantitative estimate of drug-likeness (QED) is 0.922. The molecule has 1 heterocycles. The molecule has 1 aliphatic heterocycles. The van der Waals surface area contributed by atoms with Gasteiger partial charge in [-0.1, -0.05) is 6.07 Å². The minimum absolute atomic E-state index is 0.353. The first-order valence-corrected chi connectivity index (χ1v) is 7.16. The van der Waals surface area contributed by atoms with Crippen molar-refractivity contribution in [2.75, 3.05) is 19.8 Å². The van der Waals surface area contributed by atoms with E-state index in [4.69, 9.17) is 9.47 Å². The summed E-state index contributed by atoms with van der Waals surface area (Å²) in [6, 6.07) is 3.35. The highest BCUT2D eigenvalue weighted by molar-refractivity contribution is 5.35. The lowest BCUT2D eigenvalue weighted by molar-refractivity contribution is -0.168. The molecule has 0 saturated carbocycles. The Labute approximate surface area is 119 Å². The van der Waals surface area contributed by atoms with E-state index >= 15 is 0 Å². The van der Waals surface area contributed by atoms with Crippen LogP contribution in [0.4, 0.5) is 4.39 Å². The first-order valence-electron chi connectivity index (χ1n) is 7.16. The summed E-state index contributed by atoms with van der Waals surface area (Å²) in [6.07, 6.45) is 0.190. The van der Waals surface area contributed by atoms with Gasteiger partial charge in [-0.3, -0.25) is 0 Å². The van der Waals surface area contributed by atoms with Gasteiger partial charge in [0, 0.05) is 38.2 Å². The van der Waals surface area contributed by atoms with Gasteiger partial charge in [-0.25, -0.2) is 4.39 Å². The fourth-order valence-electron chi connectivity index (χ4n) is 3.04. The van der Waals surface area contributed by atoms with E-state index in [1.807, 2.05) is 26.8 Å². The van der Waals surface area contributed by atoms with E-state index in [1.54, 1.807) is 0 Å². The van der Waals surface area contributed by atoms with Crippen LogP contribution in [-0.4, -0.2) is 30.5 Å². The summed E-state index contributed by atoms with van der Waals surface area (Å²) in [5.41, 5.74) is 1.23. The zero-order valence-electron chi connectivity index (χ0n) is 12.4. The van der Waals surface area contributed by atoms with Gasteiger partial charge in [0.05, 0.1) is 0 Å². The number of halogens is 1. The summed E-state index contributed by atoms with van der Waals surface area (Å²) < 4.78 is 25.5. The molecule has 1 unspecified atom stereocenters. The standard InChI is InChI=1S/C16H23FO3/c1-4-20-16(5-7-19-8-6-16)15(18)14-12(3)9-11(2)10-13(14)17/h9-10,15,18H,4-8H2,1-3H3. The van der Waals surface area contributed by atoms with Crippen LogP contribution < -0.4 is 0 Å². The van der Waals surface area contributed by atoms with Crippen LogP contribution in [-0.2, 0) is 9.47 Å². The number of rotatable bonds is 4. The number of hydrogen-bond acceptors (Lipinski definition) is 3. The Kier molecular flexibility index (Phi) is 4.78. The van der Waals surface area contributed by atoms with Crippen molar-refractivity contribution in [3.05, 3.63) is 34.6 Å². The van der Waals surface area contributed by atoms with Gasteiger partial charge in [0.2, 0.25) is 0 Å². The summed E-state index contributed by atoms with van der Waals surface area (Å²) in [6.45, 7) is 7.12. The minimum atomic E-state index is -0.966. The third kappa shape index (κ3) is 2.87. The largest absolute Gasteiger partial charge is 0.385 e. The lowest BCUT2D eigenvalue weighted by Crippen LogP contribution is -2.45. The Morgan fingerprint density at radius 2 is 2.00 bits per heavy atom. The maximum absolute atomic E-state index is 14.3. The molecule has 1 fully saturated rings. The molecule has 1 aromatic carbocycles. The van der Waals surface area contributed by atoms with Gasteiger partial charge >= 0.3 is 0 Å². The number of benzene rings is 1. The highest BCUT2D eigenvalue weighted by atomic mass is 19.1. The monoisotopic (exact) mass is 282 g/mol. The van der Waals surface area contributed by atoms with Crippen LogP contribution in [0.2, 0.25) is 0 Å². The Balaban J connectivity index is 2.39. The van der Waals surface area contributed by atoms with Crippen molar-refractivity contribution in [1.29, 1.82) is 0 Å². The van der Waals surface area contributed by atoms with Crippen LogP contribution in [0.3, 0.4) is 0 Å². The summed E-state index contributed by atoms with van der Waals surface area (Å²) in [5, 5.41) is 10.8. The third-order valence-electron chi connectivity index (χ3n) is 4.02. The van der Waals surface area contributed by atoms with Crippen molar-refractivity contribution in [3.8, 4) is 0 Å². The molecule has 1 saturated heterocycles. The predicted octanol–water partition coefficient (Wildman–Crippen LogP) is 3.06. The molecule has 0 spiro atoms. The average molecular weight is 282 g/mol. The van der Waals surface area contributed by atoms with Crippen molar-refractivity contribution in [2.24, 2.45) is 0 Å². The SMILES string of the molecule is CCOC1(C(O)c2c(C)cc(C)cc2F)CCOCC1. The van der Waals surface area contributed by atoms with Crippen molar-refractivity contribution in [2.45, 2.75) is 45.3 Å². The Morgan fingerprint density at radius 1 is 1.35 bits per heavy atom. The van der Waals surface area contributed by atoms with Crippen molar-refractivity contribution < 1.29 is 19.0 Å². The molecule has 2 rings (SSSR count). The third-order valence-corrected chi connectivity index (χ3v) is 4.02. The van der Waals surface area contributed by atoms with Gasteiger partial charge in [-0.2, -0.15) is 0 Å². The van der Waals surface area contributed by atoms with Crippen LogP contribution in [0.25, 0.3) is 0 Å². The van der Waals surface area contributed by atoms with Gasteiger partial charge in [-0.15, -0.1) is 0 Å². The molecule has 1 aromatic rings. The van der Waals surface area contributed by atoms with E-state index in [2.05, 4.69) is 0 Å². The Bertz CT molecular complexity index is 438. The molecule has 112 valence electrons. The first-order chi connectivity index (χ1) is 9.50. The fourth-order valence-corrected chi connectivity index (χ4v) is 3.04. The smallest absolute Gasteiger partial charge is 0.129 e. The van der Waals surface area contributed by atoms with E-state index < -0.39 is 11.7 Å². The Hall–Kier alpha value is -0.970. The van der Waals surface area contributed by atoms with Crippen LogP contribution in [0.5, 0.6) is 0 Å². The zero-order valence-corrected chi connectivity index (χ0v) is 12.4. The second-order valence-electron chi connectivity index (χ2n) is 5.49. The van der Waals surface area contributed by atoms with Gasteiger partial charge in [0.25, 0.3) is 0 Å². The van der Waals surface area contributed by atoms with E-state index in [9.17, 15) is 9.50 Å². The summed E-state index contributed by atoms with van der Waals surface area (Å²) >= 11 is 0. The molecule has 0 bridgehead atoms. The van der Waals surface area contributed by atoms with Crippen LogP contribution >= 0.6 is 0 Å². The number of aryl methyl sites for hydroxylation is 2. The zero-order chi connectivity index (χ0) is 14.8. The maximum atomic E-state index is 14.3. The molecule has 3 nitrogen and oxygen atoms in total. The van der Waals surface area contributed by atoms with Crippen LogP contribution in [0.15, 0.2) is 12.1 Å². The van der Waals surface area contributed by atoms with Crippen LogP contribution in [0.1, 0.15) is 42.6 Å². The van der Waals surface area contributed by atoms with E-state index in [-0.39, 0.29) is 5.82 Å². The number of aliphatic hydroxyl groups is 1. The molecule has 1 aliphatic rings. The minimum Gasteiger partial charge on any atom is -0.385 e. The number of aliphatic hydroxyl groups excluding tert-OH is 1. The second-order valence-corrected chi connectivity index (χ2v) is 5.49. The molecule has 0 aliphatic carbocycles. The van der Waals surface area contributed by atoms with E-state index in [0.29, 0.717) is 38.2 Å². The summed E-state index contributed by atoms with van der Waals surface area (Å²) in [5.74, 6) is -0.361. The highest BCUT2D eigenvalue weighted by Crippen LogP contribution is 2.40. The molecule has 0 amide bonds. The van der Waals surface area contributed by atoms with Crippen LogP contribution in [0, 0.1) is 19.7 Å². The van der Waals surface area contributed by atoms with E-state index in [1.165, 1.54) is 6.07 Å². The molecular formula is C16H23FO3. The normalized spacial score (nSPS) is 19.9. The molecule has 1 atom stereocenters. The van der Waals surface area contributed by atoms with Crippen molar-refractivity contribution in [3.63, 3.8) is 0 Å². The van der Waals surface area contributed by atoms with Crippen molar-refractivity contribution >= 4 is 0 Å². The number of hydrogen-bond donors (Lipinski definition) is 1. The predicted molar refractivity (Wildman–Crippen MR) is 75.2 cm³/mol. The maximum Gasteiger partial charge on any atom is 0.129 e. The summed E-state index contributed by atoms with van der Waals surface area (Å²) in [4.78, 5) is 0. The lowest BCUT2D eigenvalue weighted by Gasteiger charge is -2.41. The average Bonchev–Trinajstić information content (AvgIpc) is 2.38. The lowest BCUT2D eigenvalue weighted by atomic mass is 9.82. The van der Waals surface area contributed by atoms with E-state index in [0.717, 1.165) is 11.1 Å². The van der Waals surface area contributed by atoms with Gasteiger partial charge < -0.3 is 14.6 Å². The molecule has 20 heavy (non-hydrogen) atoms. The van der Waals surface area contributed by atoms with Gasteiger partial charge in [0.15, 0.2) is 0 Å². The second kappa shape index (κ2) is 6.20. The summed E-state index contributed by atoms with van der Waals surface area (Å²) in [7, 11) is 0.